The lowest BCUT2D eigenvalue weighted by molar-refractivity contribution is 0.176. The molecule has 0 saturated heterocycles. The summed E-state index contributed by atoms with van der Waals surface area (Å²) in [7, 11) is 3.23. The molecule has 0 saturated carbocycles. The van der Waals surface area contributed by atoms with E-state index in [1.165, 1.54) is 0 Å². The Labute approximate surface area is 306 Å². The third kappa shape index (κ3) is 30.5. The van der Waals surface area contributed by atoms with Crippen LogP contribution in [-0.2, 0) is 87.7 Å². The topological polar surface area (TPSA) is 83.1 Å². The van der Waals surface area contributed by atoms with E-state index >= 15 is 0 Å². The second-order valence-electron chi connectivity index (χ2n) is 8.28. The van der Waals surface area contributed by atoms with Crippen LogP contribution in [0.25, 0.3) is 0 Å². The molecule has 0 aromatic rings. The maximum absolute atomic E-state index is 5.55. The quantitative estimate of drug-likeness (QED) is 0.0524. The Morgan fingerprint density at radius 3 is 1.23 bits per heavy atom. The van der Waals surface area contributed by atoms with Crippen molar-refractivity contribution in [2.24, 2.45) is 0 Å². The molecule has 270 valence electrons. The van der Waals surface area contributed by atoms with Gasteiger partial charge in [-0.25, -0.2) is 4.31 Å². The van der Waals surface area contributed by atoms with Crippen molar-refractivity contribution in [3.05, 3.63) is 0 Å². The number of hydrogen-bond acceptors (Lipinski definition) is 17. The van der Waals surface area contributed by atoms with E-state index < -0.39 is 24.8 Å². The van der Waals surface area contributed by atoms with E-state index in [2.05, 4.69) is 27.7 Å². The molecule has 0 radical (unpaired) electrons. The Kier molecular flexibility index (Phi) is 35.8. The summed E-state index contributed by atoms with van der Waals surface area (Å²) in [4.78, 5) is 0. The Hall–Kier alpha value is 3.64. The molecule has 0 bridgehead atoms. The Balaban J connectivity index is -0.000000582. The molecule has 0 fully saturated rings. The normalized spacial score (nSPS) is 12.7. The summed E-state index contributed by atoms with van der Waals surface area (Å²) in [5.74, 6) is 3.28. The molecule has 0 aliphatic heterocycles. The van der Waals surface area contributed by atoms with Crippen LogP contribution in [0.3, 0.4) is 0 Å². The summed E-state index contributed by atoms with van der Waals surface area (Å²) >= 11 is 28.1. The second kappa shape index (κ2) is 30.3. The van der Waals surface area contributed by atoms with Gasteiger partial charge in [-0.3, -0.25) is 0 Å². The van der Waals surface area contributed by atoms with Gasteiger partial charge in [-0.2, -0.15) is 11.8 Å². The summed E-state index contributed by atoms with van der Waals surface area (Å²) in [6.45, 7) is 17.0. The molecule has 0 spiro atoms. The van der Waals surface area contributed by atoms with Crippen LogP contribution in [-0.4, -0.2) is 81.0 Å². The van der Waals surface area contributed by atoms with Gasteiger partial charge in [0.05, 0.1) is 39.6 Å². The van der Waals surface area contributed by atoms with Crippen molar-refractivity contribution in [1.29, 1.82) is 0 Å². The molecule has 0 aliphatic carbocycles. The van der Waals surface area contributed by atoms with Crippen LogP contribution < -0.4 is 0 Å². The van der Waals surface area contributed by atoms with Crippen LogP contribution in [0.4, 0.5) is 0 Å². The molecule has 0 aromatic carbocycles. The van der Waals surface area contributed by atoms with Crippen molar-refractivity contribution in [2.45, 2.75) is 74.0 Å². The summed E-state index contributed by atoms with van der Waals surface area (Å²) in [5.41, 5.74) is -4.06. The highest BCUT2D eigenvalue weighted by molar-refractivity contribution is 8.69. The lowest BCUT2D eigenvalue weighted by Gasteiger charge is -2.27. The second-order valence-corrected chi connectivity index (χ2v) is 30.9. The molecule has 0 N–H and O–H groups in total. The maximum Gasteiger partial charge on any atom is 0.334 e. The fourth-order valence-corrected chi connectivity index (χ4v) is 20.3. The van der Waals surface area contributed by atoms with Crippen LogP contribution in [0, 0.1) is 0 Å². The summed E-state index contributed by atoms with van der Waals surface area (Å²) < 4.78 is 48.5. The molecule has 0 aromatic heterocycles. The third-order valence-corrected chi connectivity index (χ3v) is 24.4. The van der Waals surface area contributed by atoms with Gasteiger partial charge in [-0.15, -0.1) is 11.8 Å². The van der Waals surface area contributed by atoms with Gasteiger partial charge >= 0.3 is 13.4 Å². The van der Waals surface area contributed by atoms with Gasteiger partial charge < -0.3 is 36.2 Å². The van der Waals surface area contributed by atoms with E-state index in [1.54, 1.807) is 37.0 Å². The van der Waals surface area contributed by atoms with Crippen molar-refractivity contribution in [3.8, 4) is 0 Å². The highest BCUT2D eigenvalue weighted by atomic mass is 32.9. The fourth-order valence-electron chi connectivity index (χ4n) is 2.15. The zero-order chi connectivity index (χ0) is 34.8. The zero-order valence-electron chi connectivity index (χ0n) is 28.3. The number of thioether (sulfide) groups is 2. The fraction of sp³-hybridized carbons (Fsp3) is 1.00. The van der Waals surface area contributed by atoms with Gasteiger partial charge in [0.25, 0.3) is 0 Å². The summed E-state index contributed by atoms with van der Waals surface area (Å²) in [6, 6.07) is 0. The Bertz CT molecular complexity index is 819. The first kappa shape index (κ1) is 52.0. The summed E-state index contributed by atoms with van der Waals surface area (Å²) in [6.07, 6.45) is 0. The zero-order valence-corrected chi connectivity index (χ0v) is 38.4. The highest BCUT2D eigenvalue weighted by Gasteiger charge is 2.32. The average molecular weight is 857 g/mol. The minimum Gasteiger partial charge on any atom is -0.325 e. The van der Waals surface area contributed by atoms with E-state index in [-0.39, 0.29) is 4.75 Å². The van der Waals surface area contributed by atoms with Crippen molar-refractivity contribution in [3.63, 3.8) is 0 Å². The smallest absolute Gasteiger partial charge is 0.325 e. The van der Waals surface area contributed by atoms with Gasteiger partial charge in [0.1, 0.15) is 0 Å². The molecule has 0 unspecified atom stereocenters. The van der Waals surface area contributed by atoms with Crippen molar-refractivity contribution >= 4 is 118 Å². The van der Waals surface area contributed by atoms with Gasteiger partial charge in [0, 0.05) is 35.6 Å². The van der Waals surface area contributed by atoms with Crippen LogP contribution in [0.5, 0.6) is 0 Å². The van der Waals surface area contributed by atoms with Crippen molar-refractivity contribution < 1.29 is 40.5 Å². The molecule has 21 heteroatoms. The molecular weight excluding hydrogens is 801 g/mol. The van der Waals surface area contributed by atoms with Crippen LogP contribution in [0.1, 0.15) is 69.2 Å². The predicted octanol–water partition coefficient (Wildman–Crippen LogP) is 11.1. The van der Waals surface area contributed by atoms with Gasteiger partial charge in [0.15, 0.2) is 0 Å². The largest absolute Gasteiger partial charge is 0.334 e. The first-order valence-electron chi connectivity index (χ1n) is 14.1. The third-order valence-electron chi connectivity index (χ3n) is 3.75. The van der Waals surface area contributed by atoms with Gasteiger partial charge in [0.2, 0.25) is 11.4 Å². The summed E-state index contributed by atoms with van der Waals surface area (Å²) in [5, 5.41) is 0.931. The minimum absolute atomic E-state index is 0.269. The molecular formula is C23H56O9P4S8. The highest BCUT2D eigenvalue weighted by Crippen LogP contribution is 2.66. The predicted molar refractivity (Wildman–Crippen MR) is 217 cm³/mol. The SMILES string of the molecule is CCOP(=S)(OCC)OP(=S)(OCC)OCC.CCOP(=S)(OCC)SCSC(C)(C)C.CCSCCSP(=S)(OC)OC. The van der Waals surface area contributed by atoms with Gasteiger partial charge in [-0.05, 0) is 94.5 Å². The maximum atomic E-state index is 5.55. The number of hydrogen-bond donors (Lipinski definition) is 0. The van der Waals surface area contributed by atoms with Crippen molar-refractivity contribution in [1.82, 2.24) is 0 Å². The number of rotatable bonds is 24. The van der Waals surface area contributed by atoms with Crippen LogP contribution >= 0.6 is 71.1 Å². The first-order chi connectivity index (χ1) is 20.5. The van der Waals surface area contributed by atoms with E-state index in [0.717, 1.165) is 22.3 Å². The molecule has 0 atom stereocenters. The van der Waals surface area contributed by atoms with E-state index in [1.807, 2.05) is 65.1 Å². The van der Waals surface area contributed by atoms with E-state index in [4.69, 9.17) is 87.7 Å². The molecule has 44 heavy (non-hydrogen) atoms. The Morgan fingerprint density at radius 2 is 0.932 bits per heavy atom. The van der Waals surface area contributed by atoms with Crippen LogP contribution in [0.15, 0.2) is 0 Å². The van der Waals surface area contributed by atoms with Crippen molar-refractivity contribution in [2.75, 3.05) is 76.2 Å². The van der Waals surface area contributed by atoms with Gasteiger partial charge in [-0.1, -0.05) is 50.5 Å². The molecule has 0 heterocycles. The van der Waals surface area contributed by atoms with Crippen LogP contribution in [0.2, 0.25) is 0 Å². The Morgan fingerprint density at radius 1 is 0.545 bits per heavy atom. The molecule has 0 amide bonds. The molecule has 9 nitrogen and oxygen atoms in total. The van der Waals surface area contributed by atoms with E-state index in [0.29, 0.717) is 39.6 Å². The monoisotopic (exact) mass is 856 g/mol. The molecule has 0 rings (SSSR count). The average Bonchev–Trinajstić information content (AvgIpc) is 2.91. The standard InChI is InChI=1S/C9H21O2PS3.C8H20O5P2S2.C6H15O2PS3/c1-6-10-12(13,11-7-2)15-8-14-9(3,4)5;1-5-9-14(16,10-6-2)13-15(17,11-7-3)12-8-4;1-4-11-5-6-12-9(10,7-2)8-3/h6-8H2,1-5H3;5-8H2,1-4H3;4-6H2,1-3H3. The minimum atomic E-state index is -2.87. The lowest BCUT2D eigenvalue weighted by atomic mass is 10.3. The lowest BCUT2D eigenvalue weighted by Crippen LogP contribution is -2.07. The first-order valence-corrected chi connectivity index (χ1v) is 29.8. The van der Waals surface area contributed by atoms with E-state index in [9.17, 15) is 0 Å². The molecule has 0 aliphatic rings.